The minimum atomic E-state index is -0.333. The van der Waals surface area contributed by atoms with Crippen molar-refractivity contribution in [3.8, 4) is 147 Å². The van der Waals surface area contributed by atoms with Gasteiger partial charge < -0.3 is 56.7 Å². The minimum absolute atomic E-state index is 0. The van der Waals surface area contributed by atoms with Crippen LogP contribution >= 0.6 is 11.6 Å². The average Bonchev–Trinajstić information content (AvgIpc) is 1.60. The summed E-state index contributed by atoms with van der Waals surface area (Å²) in [7, 11) is 6.46. The molecule has 6 aromatic heterocycles. The summed E-state index contributed by atoms with van der Waals surface area (Å²) >= 11 is 6.75. The van der Waals surface area contributed by atoms with Crippen molar-refractivity contribution in [2.75, 3.05) is 33.8 Å². The minimum Gasteiger partial charge on any atom is -0.870 e. The molecule has 0 saturated carbocycles. The fraction of sp³-hybridized carbons (Fsp3) is 0.100. The number of nitrogens with zero attached hydrogens (tertiary/aromatic N) is 10. The molecule has 9 N–H and O–H groups in total. The van der Waals surface area contributed by atoms with Gasteiger partial charge in [-0.25, -0.2) is 9.97 Å². The molecule has 28 heteroatoms. The zero-order valence-corrected chi connectivity index (χ0v) is 78.0. The zero-order valence-electron chi connectivity index (χ0n) is 75.3. The van der Waals surface area contributed by atoms with E-state index in [1.54, 1.807) is 73.9 Å². The van der Waals surface area contributed by atoms with Crippen molar-refractivity contribution in [3.63, 3.8) is 0 Å². The number of hydrogen-bond acceptors (Lipinski definition) is 19. The number of rotatable bonds is 18. The molecule has 18 aromatic rings. The monoisotopic (exact) mass is 1860 g/mol. The van der Waals surface area contributed by atoms with Crippen LogP contribution in [0, 0.1) is 0 Å². The van der Waals surface area contributed by atoms with Gasteiger partial charge in [0.1, 0.15) is 56.7 Å². The molecule has 8 heterocycles. The number of amides is 3. The Morgan fingerprint density at radius 2 is 0.638 bits per heavy atom. The Labute approximate surface area is 824 Å². The van der Waals surface area contributed by atoms with E-state index >= 15 is 0 Å². The van der Waals surface area contributed by atoms with Crippen LogP contribution in [0.25, 0.3) is 134 Å². The number of primary amides is 1. The van der Waals surface area contributed by atoms with Crippen LogP contribution < -0.4 is 70.6 Å². The number of fused-ring (bicyclic) bond motifs is 4. The predicted octanol–water partition coefficient (Wildman–Crippen LogP) is 18.9. The molecule has 0 fully saturated rings. The molecule has 0 aliphatic carbocycles. The van der Waals surface area contributed by atoms with E-state index in [1.165, 1.54) is 42.3 Å². The molecular formula is C110H98ClN14NaO12. The Kier molecular flexibility index (Phi) is 33.0. The first-order valence-electron chi connectivity index (χ1n) is 42.5. The Hall–Kier alpha value is -16.6. The van der Waals surface area contributed by atoms with Crippen LogP contribution in [0.5, 0.6) is 34.8 Å². The van der Waals surface area contributed by atoms with Gasteiger partial charge in [0, 0.05) is 78.4 Å². The van der Waals surface area contributed by atoms with Gasteiger partial charge in [0.05, 0.1) is 73.2 Å². The summed E-state index contributed by atoms with van der Waals surface area (Å²) in [4.78, 5) is 70.3. The molecule has 0 bridgehead atoms. The number of halogens is 1. The number of phenols is 2. The molecule has 0 radical (unpaired) electrons. The number of anilines is 1. The number of hydrogen-bond donors (Lipinski definition) is 6. The van der Waals surface area contributed by atoms with Crippen molar-refractivity contribution in [1.29, 1.82) is 0 Å². The first-order chi connectivity index (χ1) is 65.2. The van der Waals surface area contributed by atoms with Crippen LogP contribution in [0.15, 0.2) is 351 Å². The third-order valence-electron chi connectivity index (χ3n) is 22.0. The smallest absolute Gasteiger partial charge is 0.870 e. The van der Waals surface area contributed by atoms with Crippen molar-refractivity contribution in [2.45, 2.75) is 48.5 Å². The number of aromatic hydroxyl groups is 2. The Balaban J connectivity index is 0.000000161. The number of methoxy groups -OCH3 is 4. The molecule has 0 unspecified atom stereocenters. The van der Waals surface area contributed by atoms with Gasteiger partial charge >= 0.3 is 29.6 Å². The molecule has 688 valence electrons. The molecule has 12 aromatic carbocycles. The summed E-state index contributed by atoms with van der Waals surface area (Å²) in [5.74, 6) is 1.67. The predicted molar refractivity (Wildman–Crippen MR) is 537 cm³/mol. The summed E-state index contributed by atoms with van der Waals surface area (Å²) in [6, 6.07) is 107. The molecule has 138 heavy (non-hydrogen) atoms. The van der Waals surface area contributed by atoms with Crippen molar-refractivity contribution < 1.29 is 88.2 Å². The summed E-state index contributed by atoms with van der Waals surface area (Å²) in [6.07, 6.45) is 0.734. The molecule has 0 saturated heterocycles. The Morgan fingerprint density at radius 3 is 0.978 bits per heavy atom. The maximum atomic E-state index is 13.8. The number of ether oxygens (including phenoxy) is 4. The van der Waals surface area contributed by atoms with Crippen molar-refractivity contribution in [3.05, 3.63) is 379 Å². The largest absolute Gasteiger partial charge is 1.00 e. The number of nitrogens with two attached hydrogens (primary N) is 2. The van der Waals surface area contributed by atoms with Gasteiger partial charge in [0.2, 0.25) is 29.5 Å². The van der Waals surface area contributed by atoms with Crippen LogP contribution in [0.2, 0.25) is 5.15 Å². The third kappa shape index (κ3) is 21.4. The number of nitrogens with one attached hydrogen (secondary N) is 2. The second-order valence-electron chi connectivity index (χ2n) is 30.9. The van der Waals surface area contributed by atoms with Crippen LogP contribution in [-0.2, 0) is 27.2 Å². The topological polar surface area (TPSA) is 365 Å². The first kappa shape index (κ1) is 100. The number of phenolic OH excluding ortho intramolecular Hbond substituents is 2. The molecule has 0 atom stereocenters. The molecule has 3 amide bonds. The Morgan fingerprint density at radius 1 is 0.355 bits per heavy atom. The fourth-order valence-corrected chi connectivity index (χ4v) is 16.4. The van der Waals surface area contributed by atoms with Gasteiger partial charge in [-0.05, 0) is 93.0 Å². The Bertz CT molecular complexity index is 7420. The summed E-state index contributed by atoms with van der Waals surface area (Å²) in [5.41, 5.74) is 33.9. The van der Waals surface area contributed by atoms with E-state index in [0.717, 1.165) is 118 Å². The van der Waals surface area contributed by atoms with Crippen LogP contribution in [-0.4, -0.2) is 122 Å². The fourth-order valence-electron chi connectivity index (χ4n) is 16.2. The third-order valence-corrected chi connectivity index (χ3v) is 22.3. The number of aromatic nitrogens is 10. The molecule has 0 spiro atoms. The number of allylic oxidation sites excluding steroid dienone is 4. The molecule has 26 nitrogen and oxygen atoms in total. The van der Waals surface area contributed by atoms with Gasteiger partial charge in [0.15, 0.2) is 11.3 Å². The van der Waals surface area contributed by atoms with E-state index in [-0.39, 0.29) is 90.9 Å². The second kappa shape index (κ2) is 45.4. The van der Waals surface area contributed by atoms with E-state index in [9.17, 15) is 34.2 Å². The normalized spacial score (nSPS) is 11.5. The summed E-state index contributed by atoms with van der Waals surface area (Å²) in [5, 5.41) is 44.8. The van der Waals surface area contributed by atoms with Gasteiger partial charge in [0.25, 0.3) is 11.8 Å². The van der Waals surface area contributed by atoms with E-state index in [1.807, 2.05) is 291 Å². The standard InChI is InChI=1S/C28H24N4O3.C27H21N3O3.C26H20ClN3O2.C25H19N3O2.C2H5NO.2CH4.Na.H2O/c1-18(33)29-26-24(20-14-16-22(34-2)17-15-20)28(35-3)32-27(30-26)23(19-10-6-4-7-11-19)25(31-32)21-12-8-5-9-13-21;1-17(31)28-22-16-23-25(18-8-4-2-5-9-18)26(20-10-6-3-7-11-20)29-30(23)27(33)24(22)19-12-14-21(32)15-13-19;1-31-20-15-13-18(14-16-20)22-24(27)28-25-21(17-9-5-3-6-10-17)23(19-11-7-4-8-12-19)29-30(25)26(22)32-2;26-20-15-21-23(16-7-3-1-4-8-16)24(18-9-5-2-6-10-18)27-28(21)25(30)22(20)17-11-13-19(29)14-12-17;1-2(3)4;;;;/h4-17H,1-3H3,(H,29,30,33);2-15,32H,16H2,1H3,(H,28,31);3-16H,1-2H3;1-14,29H,15,26H2;1H3,(H2,3,4);2*1H4;;1H2/q;;;;;;;+1;/p-1. The zero-order chi connectivity index (χ0) is 93.6. The number of carbonyl (C=O) groups is 5. The van der Waals surface area contributed by atoms with E-state index in [2.05, 4.69) is 16.4 Å². The summed E-state index contributed by atoms with van der Waals surface area (Å²) < 4.78 is 28.7. The van der Waals surface area contributed by atoms with Crippen LogP contribution in [0.3, 0.4) is 0 Å². The maximum absolute atomic E-state index is 13.8. The van der Waals surface area contributed by atoms with E-state index in [0.29, 0.717) is 97.4 Å². The van der Waals surface area contributed by atoms with E-state index < -0.39 is 0 Å². The SMILES string of the molecule is C.C.CC(=O)NC1=C(c2ccc(O)cc2)C(=O)n2nc(-c3ccccc3)c(-c3ccccc3)c2C1.CC(N)=O.COc1ccc(-c2c(Cl)nc3c(-c4ccccc4)c(-c4ccccc4)nn3c2OC)cc1.COc1ccc(-c2c(NC(C)=O)nc3c(-c4ccccc4)c(-c4ccccc4)nn3c2OC)cc1.NC1=C(c2ccc(O)cc2)C(=O)n2nc(-c3ccccc3)c(-c3ccccc3)c2C1.[Na+].[OH-]. The number of benzene rings is 12. The molecule has 2 aliphatic rings. The van der Waals surface area contributed by atoms with Gasteiger partial charge in [-0.1, -0.05) is 318 Å². The van der Waals surface area contributed by atoms with Gasteiger partial charge in [-0.3, -0.25) is 24.0 Å². The average molecular weight is 1870 g/mol. The number of carbonyl (C=O) groups excluding carboxylic acids is 5. The quantitative estimate of drug-likeness (QED) is 0.0343. The maximum Gasteiger partial charge on any atom is 1.00 e. The van der Waals surface area contributed by atoms with Crippen LogP contribution in [0.1, 0.15) is 67.7 Å². The van der Waals surface area contributed by atoms with Crippen molar-refractivity contribution in [1.82, 2.24) is 54.1 Å². The van der Waals surface area contributed by atoms with E-state index in [4.69, 9.17) is 66.6 Å². The second-order valence-corrected chi connectivity index (χ2v) is 31.2. The van der Waals surface area contributed by atoms with Crippen molar-refractivity contribution >= 4 is 69.4 Å². The first-order valence-corrected chi connectivity index (χ1v) is 42.9. The summed E-state index contributed by atoms with van der Waals surface area (Å²) in [6.45, 7) is 4.19. The van der Waals surface area contributed by atoms with Gasteiger partial charge in [-0.2, -0.15) is 38.8 Å². The van der Waals surface area contributed by atoms with Crippen molar-refractivity contribution in [2.24, 2.45) is 11.5 Å². The molecule has 2 aliphatic heterocycles. The molecule has 20 rings (SSSR count). The van der Waals surface area contributed by atoms with Crippen LogP contribution in [0.4, 0.5) is 5.82 Å². The van der Waals surface area contributed by atoms with Gasteiger partial charge in [-0.15, -0.1) is 0 Å². The molecular weight excluding hydrogens is 1770 g/mol.